The minimum atomic E-state index is -0.706. The van der Waals surface area contributed by atoms with E-state index in [4.69, 9.17) is 37.7 Å². The van der Waals surface area contributed by atoms with Gasteiger partial charge in [0.2, 0.25) is 5.88 Å². The van der Waals surface area contributed by atoms with Crippen LogP contribution in [0.1, 0.15) is 28.3 Å². The molecule has 1 unspecified atom stereocenters. The molecule has 0 radical (unpaired) electrons. The van der Waals surface area contributed by atoms with Gasteiger partial charge >= 0.3 is 0 Å². The molecule has 3 N–H and O–H groups in total. The molecule has 5 rings (SSSR count). The normalized spacial score (nSPS) is 16.6. The maximum absolute atomic E-state index is 12.9. The summed E-state index contributed by atoms with van der Waals surface area (Å²) in [5, 5.41) is 20.8. The molecule has 13 heteroatoms. The summed E-state index contributed by atoms with van der Waals surface area (Å²) in [7, 11) is 3.00. The molecule has 224 valence electrons. The zero-order valence-electron chi connectivity index (χ0n) is 23.7. The van der Waals surface area contributed by atoms with E-state index >= 15 is 0 Å². The Labute approximate surface area is 257 Å². The number of pyridine rings is 1. The number of benzene rings is 2. The number of halogens is 2. The summed E-state index contributed by atoms with van der Waals surface area (Å²) in [6, 6.07) is 14.3. The fraction of sp³-hybridized carbons (Fsp3) is 0.300. The van der Waals surface area contributed by atoms with Gasteiger partial charge in [-0.05, 0) is 25.5 Å². The Balaban J connectivity index is 1.41. The first-order valence-electron chi connectivity index (χ1n) is 13.5. The van der Waals surface area contributed by atoms with Gasteiger partial charge in [-0.2, -0.15) is 5.10 Å². The van der Waals surface area contributed by atoms with Crippen LogP contribution in [-0.4, -0.2) is 63.2 Å². The van der Waals surface area contributed by atoms with Gasteiger partial charge in [-0.15, -0.1) is 0 Å². The molecule has 4 aromatic rings. The lowest BCUT2D eigenvalue weighted by molar-refractivity contribution is -0.0281. The molecule has 2 aromatic carbocycles. The van der Waals surface area contributed by atoms with E-state index in [9.17, 15) is 14.7 Å². The Morgan fingerprint density at radius 1 is 1.09 bits per heavy atom. The van der Waals surface area contributed by atoms with E-state index in [2.05, 4.69) is 20.7 Å². The topological polar surface area (TPSA) is 140 Å². The highest BCUT2D eigenvalue weighted by Crippen LogP contribution is 2.41. The average molecular weight is 626 g/mol. The first-order chi connectivity index (χ1) is 20.7. The van der Waals surface area contributed by atoms with E-state index in [0.29, 0.717) is 59.5 Å². The second-order valence-corrected chi connectivity index (χ2v) is 10.8. The van der Waals surface area contributed by atoms with Crippen LogP contribution in [0.25, 0.3) is 22.4 Å². The third-order valence-corrected chi connectivity index (χ3v) is 7.92. The zero-order valence-corrected chi connectivity index (χ0v) is 25.2. The van der Waals surface area contributed by atoms with Crippen LogP contribution in [0.5, 0.6) is 5.88 Å². The second kappa shape index (κ2) is 13.2. The highest BCUT2D eigenvalue weighted by atomic mass is 35.5. The summed E-state index contributed by atoms with van der Waals surface area (Å²) in [6.07, 6.45) is 0.139. The summed E-state index contributed by atoms with van der Waals surface area (Å²) in [6.45, 7) is 2.95. The summed E-state index contributed by atoms with van der Waals surface area (Å²) in [5.41, 5.74) is 2.63. The molecule has 3 heterocycles. The number of hydrogen-bond acceptors (Lipinski definition) is 9. The number of rotatable bonds is 8. The highest BCUT2D eigenvalue weighted by molar-refractivity contribution is 6.39. The minimum Gasteiger partial charge on any atom is -0.481 e. The first kappa shape index (κ1) is 30.6. The number of nitrogens with one attached hydrogen (secondary N) is 2. The van der Waals surface area contributed by atoms with E-state index in [0.717, 1.165) is 10.2 Å². The smallest absolute Gasteiger partial charge is 0.298 e. The predicted molar refractivity (Wildman–Crippen MR) is 164 cm³/mol. The lowest BCUT2D eigenvalue weighted by atomic mass is 10.00. The van der Waals surface area contributed by atoms with E-state index in [1.807, 2.05) is 30.3 Å². The quantitative estimate of drug-likeness (QED) is 0.265. The Morgan fingerprint density at radius 2 is 1.81 bits per heavy atom. The summed E-state index contributed by atoms with van der Waals surface area (Å²) >= 11 is 13.7. The Morgan fingerprint density at radius 3 is 2.56 bits per heavy atom. The average Bonchev–Trinajstić information content (AvgIpc) is 3.00. The Bertz CT molecular complexity index is 1730. The van der Waals surface area contributed by atoms with Crippen molar-refractivity contribution in [2.24, 2.45) is 7.05 Å². The fourth-order valence-corrected chi connectivity index (χ4v) is 5.48. The number of carbonyl (C=O) groups is 1. The molecule has 0 aliphatic carbocycles. The Kier molecular flexibility index (Phi) is 9.38. The number of aliphatic hydroxyl groups excluding tert-OH is 1. The largest absolute Gasteiger partial charge is 0.481 e. The summed E-state index contributed by atoms with van der Waals surface area (Å²) in [5.74, 6) is 0.00687. The molecule has 1 amide bonds. The van der Waals surface area contributed by atoms with Crippen LogP contribution < -0.4 is 20.9 Å². The van der Waals surface area contributed by atoms with Crippen molar-refractivity contribution >= 4 is 34.8 Å². The molecule has 1 fully saturated rings. The van der Waals surface area contributed by atoms with Gasteiger partial charge in [-0.1, -0.05) is 59.6 Å². The van der Waals surface area contributed by atoms with Crippen molar-refractivity contribution in [3.05, 3.63) is 86.0 Å². The van der Waals surface area contributed by atoms with Crippen LogP contribution in [0.2, 0.25) is 10.0 Å². The molecule has 2 aromatic heterocycles. The number of anilines is 1. The molecule has 1 saturated heterocycles. The van der Waals surface area contributed by atoms with Crippen LogP contribution in [0, 0.1) is 6.92 Å². The molecule has 1 aliphatic heterocycles. The molecule has 0 saturated carbocycles. The van der Waals surface area contributed by atoms with E-state index in [1.165, 1.54) is 7.05 Å². The highest BCUT2D eigenvalue weighted by Gasteiger charge is 2.24. The van der Waals surface area contributed by atoms with E-state index in [1.54, 1.807) is 32.2 Å². The van der Waals surface area contributed by atoms with Gasteiger partial charge in [0.05, 0.1) is 41.2 Å². The van der Waals surface area contributed by atoms with Crippen molar-refractivity contribution in [2.75, 3.05) is 25.6 Å². The number of hydrogen-bond donors (Lipinski definition) is 3. The molecule has 0 bridgehead atoms. The SMILES string of the molecule is COc1nc(-c2cccc(-c3cccc(NC(=O)c4nc(C)nn(C)c4=O)c3Cl)c2Cl)ccc1CNC1CCOC[C@@H]1O. The number of aryl methyl sites for hydroxylation is 2. The van der Waals surface area contributed by atoms with Gasteiger partial charge in [-0.3, -0.25) is 9.59 Å². The molecule has 1 aliphatic rings. The van der Waals surface area contributed by atoms with Crippen molar-refractivity contribution in [3.63, 3.8) is 0 Å². The van der Waals surface area contributed by atoms with Crippen molar-refractivity contribution in [1.29, 1.82) is 0 Å². The van der Waals surface area contributed by atoms with Gasteiger partial charge in [-0.25, -0.2) is 14.6 Å². The number of aromatic nitrogens is 4. The van der Waals surface area contributed by atoms with Gasteiger partial charge < -0.3 is 25.2 Å². The van der Waals surface area contributed by atoms with Crippen molar-refractivity contribution in [3.8, 4) is 28.3 Å². The van der Waals surface area contributed by atoms with Gasteiger partial charge in [0.1, 0.15) is 5.82 Å². The molecule has 2 atom stereocenters. The van der Waals surface area contributed by atoms with Gasteiger partial charge in [0.15, 0.2) is 5.69 Å². The number of carbonyl (C=O) groups excluding carboxylic acids is 1. The molecule has 43 heavy (non-hydrogen) atoms. The van der Waals surface area contributed by atoms with E-state index in [-0.39, 0.29) is 28.3 Å². The third kappa shape index (κ3) is 6.56. The van der Waals surface area contributed by atoms with Crippen molar-refractivity contribution < 1.29 is 19.4 Å². The predicted octanol–water partition coefficient (Wildman–Crippen LogP) is 4.02. The maximum Gasteiger partial charge on any atom is 0.298 e. The lowest BCUT2D eigenvalue weighted by Crippen LogP contribution is -2.46. The van der Waals surface area contributed by atoms with Crippen molar-refractivity contribution in [2.45, 2.75) is 32.0 Å². The van der Waals surface area contributed by atoms with Gasteiger partial charge in [0.25, 0.3) is 11.5 Å². The number of nitrogens with zero attached hydrogens (tertiary/aromatic N) is 4. The van der Waals surface area contributed by atoms with Crippen LogP contribution in [-0.2, 0) is 18.3 Å². The molecular weight excluding hydrogens is 595 g/mol. The zero-order chi connectivity index (χ0) is 30.7. The molecule has 0 spiro atoms. The fourth-order valence-electron chi connectivity index (χ4n) is 4.88. The Hall–Kier alpha value is -3.87. The molecule has 11 nitrogen and oxygen atoms in total. The maximum atomic E-state index is 12.9. The van der Waals surface area contributed by atoms with Crippen LogP contribution in [0.3, 0.4) is 0 Å². The number of amides is 1. The number of aliphatic hydroxyl groups is 1. The second-order valence-electron chi connectivity index (χ2n) is 10.0. The molecular formula is C30H30Cl2N6O5. The summed E-state index contributed by atoms with van der Waals surface area (Å²) in [4.78, 5) is 34.1. The monoisotopic (exact) mass is 624 g/mol. The summed E-state index contributed by atoms with van der Waals surface area (Å²) < 4.78 is 11.9. The van der Waals surface area contributed by atoms with E-state index < -0.39 is 17.6 Å². The third-order valence-electron chi connectivity index (χ3n) is 7.11. The van der Waals surface area contributed by atoms with Crippen LogP contribution in [0.4, 0.5) is 5.69 Å². The first-order valence-corrected chi connectivity index (χ1v) is 14.3. The minimum absolute atomic E-state index is 0.0787. The number of methoxy groups -OCH3 is 1. The lowest BCUT2D eigenvalue weighted by Gasteiger charge is -2.28. The van der Waals surface area contributed by atoms with Crippen LogP contribution >= 0.6 is 23.2 Å². The number of ether oxygens (including phenoxy) is 2. The standard InChI is InChI=1S/C30H30Cl2N6O5/c1-16-34-27(30(41)38(2)37-16)28(40)35-23-9-5-7-19(26(23)32)18-6-4-8-20(25(18)31)21-11-10-17(29(36-21)42-3)14-33-22-12-13-43-15-24(22)39/h4-11,22,24,33,39H,12-15H2,1-3H3,(H,35,40)/t22?,24-/m0/s1. The van der Waals surface area contributed by atoms with Gasteiger partial charge in [0, 0.05) is 48.5 Å². The van der Waals surface area contributed by atoms with Crippen LogP contribution in [0.15, 0.2) is 53.3 Å². The van der Waals surface area contributed by atoms with Crippen molar-refractivity contribution in [1.82, 2.24) is 25.1 Å².